The predicted octanol–water partition coefficient (Wildman–Crippen LogP) is 5.02. The van der Waals surface area contributed by atoms with Crippen molar-refractivity contribution < 1.29 is 13.9 Å². The number of nitrogens with zero attached hydrogens (tertiary/aromatic N) is 3. The summed E-state index contributed by atoms with van der Waals surface area (Å²) in [5.41, 5.74) is 3.28. The summed E-state index contributed by atoms with van der Waals surface area (Å²) in [5, 5.41) is 10.9. The zero-order valence-electron chi connectivity index (χ0n) is 18.6. The van der Waals surface area contributed by atoms with Crippen molar-refractivity contribution in [1.82, 2.24) is 14.8 Å². The minimum atomic E-state index is -0.559. The summed E-state index contributed by atoms with van der Waals surface area (Å²) in [4.78, 5) is 18.2. The van der Waals surface area contributed by atoms with E-state index in [0.717, 1.165) is 11.1 Å². The van der Waals surface area contributed by atoms with Crippen LogP contribution >= 0.6 is 0 Å². The Bertz CT molecular complexity index is 1380. The van der Waals surface area contributed by atoms with E-state index in [1.165, 1.54) is 24.3 Å². The number of hydrogen-bond donors (Lipinski definition) is 2. The van der Waals surface area contributed by atoms with Crippen LogP contribution < -0.4 is 15.4 Å². The minimum absolute atomic E-state index is 0.327. The molecule has 0 aliphatic carbocycles. The van der Waals surface area contributed by atoms with Crippen molar-refractivity contribution in [3.63, 3.8) is 0 Å². The molecule has 7 nitrogen and oxygen atoms in total. The number of anilines is 2. The number of ether oxygens (including phenoxy) is 1. The maximum absolute atomic E-state index is 13.5. The number of methoxy groups -OCH3 is 1. The van der Waals surface area contributed by atoms with Gasteiger partial charge >= 0.3 is 0 Å². The topological polar surface area (TPSA) is 81.1 Å². The molecule has 2 N–H and O–H groups in total. The SMILES string of the molecule is COc1cccc([C@@H]2C(C(=O)Nc3ccc(F)cc3)=C(C)Nc3nc(-c4ccccc4)nn32)c1. The molecular weight excluding hydrogens is 433 g/mol. The summed E-state index contributed by atoms with van der Waals surface area (Å²) in [6, 6.07) is 22.3. The Morgan fingerprint density at radius 3 is 2.56 bits per heavy atom. The molecule has 0 saturated heterocycles. The molecule has 4 aromatic rings. The van der Waals surface area contributed by atoms with Gasteiger partial charge in [-0.15, -0.1) is 5.10 Å². The fourth-order valence-corrected chi connectivity index (χ4v) is 4.01. The van der Waals surface area contributed by atoms with Gasteiger partial charge in [-0.2, -0.15) is 4.98 Å². The number of nitrogens with one attached hydrogen (secondary N) is 2. The molecule has 170 valence electrons. The number of allylic oxidation sites excluding steroid dienone is 1. The van der Waals surface area contributed by atoms with E-state index in [2.05, 4.69) is 15.6 Å². The van der Waals surface area contributed by atoms with Crippen LogP contribution in [0.1, 0.15) is 18.5 Å². The van der Waals surface area contributed by atoms with Crippen molar-refractivity contribution in [3.8, 4) is 17.1 Å². The van der Waals surface area contributed by atoms with Crippen LogP contribution in [-0.2, 0) is 4.79 Å². The summed E-state index contributed by atoms with van der Waals surface area (Å²) in [6.45, 7) is 1.83. The van der Waals surface area contributed by atoms with Crippen LogP contribution in [0.3, 0.4) is 0 Å². The zero-order chi connectivity index (χ0) is 23.7. The summed E-state index contributed by atoms with van der Waals surface area (Å²) in [6.07, 6.45) is 0. The van der Waals surface area contributed by atoms with E-state index in [0.29, 0.717) is 34.5 Å². The van der Waals surface area contributed by atoms with Crippen LogP contribution in [0, 0.1) is 5.82 Å². The minimum Gasteiger partial charge on any atom is -0.497 e. The van der Waals surface area contributed by atoms with Crippen molar-refractivity contribution in [1.29, 1.82) is 0 Å². The van der Waals surface area contributed by atoms with Crippen LogP contribution in [-0.4, -0.2) is 27.8 Å². The third-order valence-corrected chi connectivity index (χ3v) is 5.64. The molecule has 1 aliphatic rings. The number of carbonyl (C=O) groups excluding carboxylic acids is 1. The third kappa shape index (κ3) is 4.01. The lowest BCUT2D eigenvalue weighted by molar-refractivity contribution is -0.113. The van der Waals surface area contributed by atoms with Gasteiger partial charge in [-0.25, -0.2) is 9.07 Å². The van der Waals surface area contributed by atoms with Crippen molar-refractivity contribution in [2.45, 2.75) is 13.0 Å². The van der Waals surface area contributed by atoms with Gasteiger partial charge in [0.15, 0.2) is 5.82 Å². The highest BCUT2D eigenvalue weighted by atomic mass is 19.1. The smallest absolute Gasteiger partial charge is 0.255 e. The van der Waals surface area contributed by atoms with Crippen molar-refractivity contribution in [2.75, 3.05) is 17.7 Å². The fourth-order valence-electron chi connectivity index (χ4n) is 4.01. The number of halogens is 1. The lowest BCUT2D eigenvalue weighted by Crippen LogP contribution is -2.31. The van der Waals surface area contributed by atoms with Gasteiger partial charge < -0.3 is 15.4 Å². The highest BCUT2D eigenvalue weighted by Gasteiger charge is 2.34. The molecule has 1 aromatic heterocycles. The normalized spacial score (nSPS) is 14.9. The Balaban J connectivity index is 1.60. The number of amides is 1. The molecule has 3 aromatic carbocycles. The van der Waals surface area contributed by atoms with Gasteiger partial charge in [-0.1, -0.05) is 42.5 Å². The van der Waals surface area contributed by atoms with E-state index < -0.39 is 6.04 Å². The van der Waals surface area contributed by atoms with Crippen LogP contribution in [0.4, 0.5) is 16.0 Å². The Labute approximate surface area is 195 Å². The quantitative estimate of drug-likeness (QED) is 0.442. The maximum Gasteiger partial charge on any atom is 0.255 e. The molecule has 0 unspecified atom stereocenters. The lowest BCUT2D eigenvalue weighted by Gasteiger charge is -2.28. The first-order chi connectivity index (χ1) is 16.5. The number of hydrogen-bond acceptors (Lipinski definition) is 5. The molecule has 0 spiro atoms. The first kappa shape index (κ1) is 21.4. The summed E-state index contributed by atoms with van der Waals surface area (Å²) in [5.74, 6) is 1.04. The van der Waals surface area contributed by atoms with Crippen LogP contribution in [0.25, 0.3) is 11.4 Å². The summed E-state index contributed by atoms with van der Waals surface area (Å²) >= 11 is 0. The van der Waals surface area contributed by atoms with Gasteiger partial charge in [0, 0.05) is 16.9 Å². The standard InChI is InChI=1S/C26H22FN5O2/c1-16-22(25(33)29-20-13-11-19(27)12-14-20)23(18-9-6-10-21(15-18)34-2)32-26(28-16)30-24(31-32)17-7-4-3-5-8-17/h3-15,23H,1-2H3,(H,29,33)(H,28,30,31)/t23-/m1/s1. The second kappa shape index (κ2) is 8.82. The largest absolute Gasteiger partial charge is 0.497 e. The van der Waals surface area contributed by atoms with Gasteiger partial charge in [0.2, 0.25) is 5.95 Å². The molecule has 1 amide bonds. The highest BCUT2D eigenvalue weighted by molar-refractivity contribution is 6.06. The van der Waals surface area contributed by atoms with E-state index >= 15 is 0 Å². The molecule has 5 rings (SSSR count). The monoisotopic (exact) mass is 455 g/mol. The molecule has 0 radical (unpaired) electrons. The van der Waals surface area contributed by atoms with Gasteiger partial charge in [-0.05, 0) is 48.9 Å². The Kier molecular flexibility index (Phi) is 5.55. The molecule has 34 heavy (non-hydrogen) atoms. The fraction of sp³-hybridized carbons (Fsp3) is 0.115. The first-order valence-corrected chi connectivity index (χ1v) is 10.7. The zero-order valence-corrected chi connectivity index (χ0v) is 18.6. The Morgan fingerprint density at radius 1 is 1.06 bits per heavy atom. The maximum atomic E-state index is 13.5. The third-order valence-electron chi connectivity index (χ3n) is 5.64. The van der Waals surface area contributed by atoms with Gasteiger partial charge in [-0.3, -0.25) is 4.79 Å². The van der Waals surface area contributed by atoms with Gasteiger partial charge in [0.1, 0.15) is 17.6 Å². The van der Waals surface area contributed by atoms with Crippen LogP contribution in [0.2, 0.25) is 0 Å². The number of benzene rings is 3. The van der Waals surface area contributed by atoms with Crippen LogP contribution in [0.15, 0.2) is 90.1 Å². The lowest BCUT2D eigenvalue weighted by atomic mass is 9.95. The van der Waals surface area contributed by atoms with Crippen molar-refractivity contribution in [3.05, 3.63) is 102 Å². The second-order valence-electron chi connectivity index (χ2n) is 7.87. The molecule has 1 atom stereocenters. The van der Waals surface area contributed by atoms with E-state index in [4.69, 9.17) is 9.84 Å². The average Bonchev–Trinajstić information content (AvgIpc) is 3.28. The summed E-state index contributed by atoms with van der Waals surface area (Å²) < 4.78 is 20.5. The number of fused-ring (bicyclic) bond motifs is 1. The van der Waals surface area contributed by atoms with Crippen molar-refractivity contribution in [2.24, 2.45) is 0 Å². The number of rotatable bonds is 5. The summed E-state index contributed by atoms with van der Waals surface area (Å²) in [7, 11) is 1.60. The van der Waals surface area contributed by atoms with Crippen molar-refractivity contribution >= 4 is 17.5 Å². The van der Waals surface area contributed by atoms with E-state index in [9.17, 15) is 9.18 Å². The molecule has 1 aliphatic heterocycles. The highest BCUT2D eigenvalue weighted by Crippen LogP contribution is 2.37. The number of aromatic nitrogens is 3. The van der Waals surface area contributed by atoms with Crippen LogP contribution in [0.5, 0.6) is 5.75 Å². The molecular formula is C26H22FN5O2. The molecule has 2 heterocycles. The Morgan fingerprint density at radius 2 is 1.82 bits per heavy atom. The molecule has 0 bridgehead atoms. The average molecular weight is 455 g/mol. The Hall–Kier alpha value is -4.46. The van der Waals surface area contributed by atoms with Gasteiger partial charge in [0.25, 0.3) is 5.91 Å². The van der Waals surface area contributed by atoms with E-state index in [-0.39, 0.29) is 11.7 Å². The van der Waals surface area contributed by atoms with Gasteiger partial charge in [0.05, 0.1) is 12.7 Å². The first-order valence-electron chi connectivity index (χ1n) is 10.7. The second-order valence-corrected chi connectivity index (χ2v) is 7.87. The molecule has 0 fully saturated rings. The molecule has 0 saturated carbocycles. The predicted molar refractivity (Wildman–Crippen MR) is 128 cm³/mol. The van der Waals surface area contributed by atoms with E-state index in [1.807, 2.05) is 61.5 Å². The molecule has 8 heteroatoms. The van der Waals surface area contributed by atoms with E-state index in [1.54, 1.807) is 11.8 Å². The number of carbonyl (C=O) groups is 1.